The molecule has 2 saturated carbocycles. The standard InChI is InChI=1S/C39H52F6O3S/c1-4-7-9-25(6-3)24-47-34(46)22-23-49-38-32(20-21-33(37(38)42)48-39(43,44)45)31-19-18-30(35(40)36(31)41)29-16-14-28(15-17-29)27-12-10-26(8-5-2)11-13-27/h18-21,25-29H,4-17,22-24H2,1-3H3. The number of rotatable bonds is 16. The highest BCUT2D eigenvalue weighted by atomic mass is 32.2. The number of hydrogen-bond acceptors (Lipinski definition) is 4. The zero-order valence-electron chi connectivity index (χ0n) is 29.1. The van der Waals surface area contributed by atoms with Gasteiger partial charge in [-0.1, -0.05) is 77.8 Å². The molecule has 0 saturated heterocycles. The number of halogens is 6. The van der Waals surface area contributed by atoms with Gasteiger partial charge in [0.25, 0.3) is 0 Å². The Labute approximate surface area is 292 Å². The molecule has 49 heavy (non-hydrogen) atoms. The Morgan fingerprint density at radius 1 is 0.837 bits per heavy atom. The Bertz CT molecular complexity index is 1350. The summed E-state index contributed by atoms with van der Waals surface area (Å²) in [5.41, 5.74) is -0.0884. The Kier molecular flexibility index (Phi) is 15.1. The number of hydrogen-bond donors (Lipinski definition) is 0. The summed E-state index contributed by atoms with van der Waals surface area (Å²) >= 11 is 0.742. The molecule has 3 nitrogen and oxygen atoms in total. The van der Waals surface area contributed by atoms with Crippen molar-refractivity contribution in [3.05, 3.63) is 47.3 Å². The number of carbonyl (C=O) groups is 1. The summed E-state index contributed by atoms with van der Waals surface area (Å²) in [7, 11) is 0. The van der Waals surface area contributed by atoms with Crippen LogP contribution < -0.4 is 4.74 Å². The summed E-state index contributed by atoms with van der Waals surface area (Å²) in [6.45, 7) is 6.59. The minimum absolute atomic E-state index is 0.0460. The Balaban J connectivity index is 1.46. The van der Waals surface area contributed by atoms with Gasteiger partial charge in [-0.3, -0.25) is 4.79 Å². The molecule has 4 rings (SSSR count). The number of alkyl halides is 3. The van der Waals surface area contributed by atoms with E-state index in [0.717, 1.165) is 81.2 Å². The fourth-order valence-corrected chi connectivity index (χ4v) is 8.89. The van der Waals surface area contributed by atoms with E-state index in [1.165, 1.54) is 50.7 Å². The van der Waals surface area contributed by atoms with Crippen molar-refractivity contribution < 1.29 is 40.6 Å². The topological polar surface area (TPSA) is 35.5 Å². The van der Waals surface area contributed by atoms with Gasteiger partial charge in [0.1, 0.15) is 0 Å². The van der Waals surface area contributed by atoms with Crippen LogP contribution in [0.5, 0.6) is 5.75 Å². The third kappa shape index (κ3) is 11.1. The highest BCUT2D eigenvalue weighted by molar-refractivity contribution is 7.99. The van der Waals surface area contributed by atoms with E-state index >= 15 is 13.2 Å². The summed E-state index contributed by atoms with van der Waals surface area (Å²) in [6, 6.07) is 4.77. The molecule has 0 spiro atoms. The predicted octanol–water partition coefficient (Wildman–Crippen LogP) is 12.8. The van der Waals surface area contributed by atoms with Gasteiger partial charge in [0.15, 0.2) is 23.2 Å². The molecule has 2 fully saturated rings. The largest absolute Gasteiger partial charge is 0.573 e. The molecule has 10 heteroatoms. The highest BCUT2D eigenvalue weighted by Gasteiger charge is 2.35. The zero-order chi connectivity index (χ0) is 35.6. The number of ether oxygens (including phenoxy) is 2. The van der Waals surface area contributed by atoms with Crippen molar-refractivity contribution in [3.63, 3.8) is 0 Å². The van der Waals surface area contributed by atoms with E-state index in [-0.39, 0.29) is 52.2 Å². The quantitative estimate of drug-likeness (QED) is 0.0985. The van der Waals surface area contributed by atoms with Crippen LogP contribution in [0.2, 0.25) is 0 Å². The van der Waals surface area contributed by atoms with Crippen LogP contribution in [0.3, 0.4) is 0 Å². The zero-order valence-corrected chi connectivity index (χ0v) is 29.9. The Morgan fingerprint density at radius 2 is 1.49 bits per heavy atom. The summed E-state index contributed by atoms with van der Waals surface area (Å²) in [6.07, 6.45) is 9.60. The van der Waals surface area contributed by atoms with E-state index < -0.39 is 35.5 Å². The molecule has 0 aliphatic heterocycles. The van der Waals surface area contributed by atoms with Crippen LogP contribution in [0.1, 0.15) is 129 Å². The lowest BCUT2D eigenvalue weighted by atomic mass is 9.68. The van der Waals surface area contributed by atoms with E-state index in [2.05, 4.69) is 18.6 Å². The van der Waals surface area contributed by atoms with Gasteiger partial charge < -0.3 is 9.47 Å². The van der Waals surface area contributed by atoms with Crippen LogP contribution in [0.4, 0.5) is 26.3 Å². The van der Waals surface area contributed by atoms with E-state index in [9.17, 15) is 18.0 Å². The lowest BCUT2D eigenvalue weighted by Crippen LogP contribution is -2.25. The van der Waals surface area contributed by atoms with Crippen LogP contribution in [-0.2, 0) is 9.53 Å². The number of thioether (sulfide) groups is 1. The molecule has 2 aromatic rings. The maximum atomic E-state index is 15.8. The molecule has 0 bridgehead atoms. The van der Waals surface area contributed by atoms with E-state index in [1.54, 1.807) is 0 Å². The average molecular weight is 715 g/mol. The molecule has 0 radical (unpaired) electrons. The second-order valence-corrected chi connectivity index (χ2v) is 15.1. The molecule has 274 valence electrons. The SMILES string of the molecule is CCCCC(CC)COC(=O)CCSc1c(-c2ccc(C3CCC(C4CCC(CCC)CC4)CC3)c(F)c2F)ccc(OC(F)(F)F)c1F. The summed E-state index contributed by atoms with van der Waals surface area (Å²) in [5, 5.41) is 0. The first kappa shape index (κ1) is 39.4. The van der Waals surface area contributed by atoms with Crippen molar-refractivity contribution >= 4 is 17.7 Å². The maximum absolute atomic E-state index is 15.8. The first-order valence-electron chi connectivity index (χ1n) is 18.3. The summed E-state index contributed by atoms with van der Waals surface area (Å²) in [4.78, 5) is 12.1. The molecule has 0 N–H and O–H groups in total. The molecule has 0 aromatic heterocycles. The van der Waals surface area contributed by atoms with Gasteiger partial charge in [0, 0.05) is 16.9 Å². The molecular weight excluding hydrogens is 662 g/mol. The molecule has 2 aliphatic carbocycles. The number of unbranched alkanes of at least 4 members (excludes halogenated alkanes) is 1. The molecule has 1 atom stereocenters. The van der Waals surface area contributed by atoms with Gasteiger partial charge in [-0.2, -0.15) is 0 Å². The lowest BCUT2D eigenvalue weighted by molar-refractivity contribution is -0.275. The second kappa shape index (κ2) is 18.8. The van der Waals surface area contributed by atoms with Crippen LogP contribution >= 0.6 is 11.8 Å². The fraction of sp³-hybridized carbons (Fsp3) is 0.667. The molecule has 0 amide bonds. The number of carbonyl (C=O) groups excluding carboxylic acids is 1. The van der Waals surface area contributed by atoms with E-state index in [4.69, 9.17) is 4.74 Å². The van der Waals surface area contributed by atoms with Crippen molar-refractivity contribution in [1.82, 2.24) is 0 Å². The second-order valence-electron chi connectivity index (χ2n) is 14.0. The Morgan fingerprint density at radius 3 is 2.10 bits per heavy atom. The third-order valence-electron chi connectivity index (χ3n) is 10.7. The van der Waals surface area contributed by atoms with Crippen molar-refractivity contribution in [2.45, 2.75) is 134 Å². The van der Waals surface area contributed by atoms with Crippen molar-refractivity contribution in [1.29, 1.82) is 0 Å². The maximum Gasteiger partial charge on any atom is 0.573 e. The van der Waals surface area contributed by atoms with Gasteiger partial charge in [-0.05, 0) is 92.2 Å². The molecule has 2 aromatic carbocycles. The molecular formula is C39H52F6O3S. The fourth-order valence-electron chi connectivity index (χ4n) is 7.86. The first-order chi connectivity index (χ1) is 23.4. The minimum atomic E-state index is -5.16. The average Bonchev–Trinajstić information content (AvgIpc) is 3.08. The molecule has 0 heterocycles. The monoisotopic (exact) mass is 714 g/mol. The Hall–Kier alpha value is -2.36. The predicted molar refractivity (Wildman–Crippen MR) is 183 cm³/mol. The van der Waals surface area contributed by atoms with E-state index in [1.807, 2.05) is 6.92 Å². The normalized spacial score (nSPS) is 22.1. The van der Waals surface area contributed by atoms with Gasteiger partial charge in [-0.15, -0.1) is 24.9 Å². The van der Waals surface area contributed by atoms with Crippen molar-refractivity contribution in [3.8, 4) is 16.9 Å². The summed E-state index contributed by atoms with van der Waals surface area (Å²) in [5.74, 6) is -2.95. The highest BCUT2D eigenvalue weighted by Crippen LogP contribution is 2.46. The number of benzene rings is 2. The van der Waals surface area contributed by atoms with Crippen LogP contribution in [0.25, 0.3) is 11.1 Å². The van der Waals surface area contributed by atoms with Crippen molar-refractivity contribution in [2.75, 3.05) is 12.4 Å². The first-order valence-corrected chi connectivity index (χ1v) is 19.3. The van der Waals surface area contributed by atoms with Gasteiger partial charge >= 0.3 is 12.3 Å². The van der Waals surface area contributed by atoms with Crippen LogP contribution in [-0.4, -0.2) is 24.7 Å². The molecule has 2 aliphatic rings. The van der Waals surface area contributed by atoms with Gasteiger partial charge in [0.2, 0.25) is 0 Å². The molecule has 1 unspecified atom stereocenters. The summed E-state index contributed by atoms with van der Waals surface area (Å²) < 4.78 is 95.5. The smallest absolute Gasteiger partial charge is 0.465 e. The minimum Gasteiger partial charge on any atom is -0.465 e. The van der Waals surface area contributed by atoms with E-state index in [0.29, 0.717) is 11.8 Å². The third-order valence-corrected chi connectivity index (χ3v) is 11.8. The number of esters is 1. The van der Waals surface area contributed by atoms with Gasteiger partial charge in [-0.25, -0.2) is 13.2 Å². The van der Waals surface area contributed by atoms with Crippen LogP contribution in [0, 0.1) is 41.1 Å². The lowest BCUT2D eigenvalue weighted by Gasteiger charge is -2.38. The van der Waals surface area contributed by atoms with Crippen LogP contribution in [0.15, 0.2) is 29.2 Å². The van der Waals surface area contributed by atoms with Gasteiger partial charge in [0.05, 0.1) is 17.9 Å². The van der Waals surface area contributed by atoms with Crippen molar-refractivity contribution in [2.24, 2.45) is 23.7 Å².